The molecule has 1 heterocycles. The topological polar surface area (TPSA) is 51.2 Å². The third-order valence-corrected chi connectivity index (χ3v) is 3.74. The first-order valence-electron chi connectivity index (χ1n) is 6.90. The third kappa shape index (κ3) is 4.14. The molecule has 0 spiro atoms. The number of nitrogens with zero attached hydrogens (tertiary/aromatic N) is 1. The molecule has 3 rings (SSSR count). The summed E-state index contributed by atoms with van der Waals surface area (Å²) in [6, 6.07) is 15.3. The minimum Gasteiger partial charge on any atom is -0.484 e. The third-order valence-electron chi connectivity index (χ3n) is 2.98. The second kappa shape index (κ2) is 7.02. The van der Waals surface area contributed by atoms with Crippen LogP contribution in [-0.4, -0.2) is 17.5 Å². The number of hydrogen-bond acceptors (Lipinski definition) is 4. The first-order valence-corrected chi connectivity index (χ1v) is 7.78. The largest absolute Gasteiger partial charge is 0.484 e. The van der Waals surface area contributed by atoms with Gasteiger partial charge in [0.25, 0.3) is 5.91 Å². The predicted octanol–water partition coefficient (Wildman–Crippen LogP) is 3.97. The van der Waals surface area contributed by atoms with Crippen molar-refractivity contribution in [3.63, 3.8) is 0 Å². The van der Waals surface area contributed by atoms with Gasteiger partial charge in [0, 0.05) is 10.9 Å². The van der Waals surface area contributed by atoms with Crippen molar-refractivity contribution in [2.24, 2.45) is 0 Å². The molecule has 23 heavy (non-hydrogen) atoms. The molecule has 0 atom stereocenters. The Bertz CT molecular complexity index is 805. The van der Waals surface area contributed by atoms with Crippen LogP contribution >= 0.6 is 11.3 Å². The van der Waals surface area contributed by atoms with E-state index in [9.17, 15) is 9.18 Å². The Labute approximate surface area is 136 Å². The molecule has 0 aliphatic carbocycles. The van der Waals surface area contributed by atoms with E-state index in [0.717, 1.165) is 0 Å². The van der Waals surface area contributed by atoms with Crippen LogP contribution in [0.2, 0.25) is 0 Å². The zero-order valence-corrected chi connectivity index (χ0v) is 12.8. The first-order chi connectivity index (χ1) is 11.2. The highest BCUT2D eigenvalue weighted by Gasteiger charge is 2.09. The molecule has 2 aromatic carbocycles. The van der Waals surface area contributed by atoms with Gasteiger partial charge in [0.1, 0.15) is 11.6 Å². The van der Waals surface area contributed by atoms with E-state index in [4.69, 9.17) is 4.74 Å². The highest BCUT2D eigenvalue weighted by Crippen LogP contribution is 2.25. The van der Waals surface area contributed by atoms with Crippen LogP contribution in [0.1, 0.15) is 0 Å². The monoisotopic (exact) mass is 328 g/mol. The Balaban J connectivity index is 1.59. The molecule has 0 fully saturated rings. The zero-order valence-electron chi connectivity index (χ0n) is 12.0. The SMILES string of the molecule is O=C(COc1ccccc1)Nc1nc(-c2cccc(F)c2)cs1. The van der Waals surface area contributed by atoms with Gasteiger partial charge >= 0.3 is 0 Å². The number of benzene rings is 2. The molecule has 0 bridgehead atoms. The van der Waals surface area contributed by atoms with Gasteiger partial charge in [-0.1, -0.05) is 30.3 Å². The van der Waals surface area contributed by atoms with Gasteiger partial charge in [0.2, 0.25) is 0 Å². The summed E-state index contributed by atoms with van der Waals surface area (Å²) in [4.78, 5) is 16.1. The molecular weight excluding hydrogens is 315 g/mol. The van der Waals surface area contributed by atoms with E-state index in [0.29, 0.717) is 22.1 Å². The number of ether oxygens (including phenoxy) is 1. The van der Waals surface area contributed by atoms with Crippen LogP contribution in [0, 0.1) is 5.82 Å². The average molecular weight is 328 g/mol. The molecule has 0 radical (unpaired) electrons. The quantitative estimate of drug-likeness (QED) is 0.771. The van der Waals surface area contributed by atoms with Gasteiger partial charge in [-0.05, 0) is 24.3 Å². The number of carbonyl (C=O) groups excluding carboxylic acids is 1. The zero-order chi connectivity index (χ0) is 16.1. The number of nitrogens with one attached hydrogen (secondary N) is 1. The molecule has 0 aliphatic rings. The van der Waals surface area contributed by atoms with Crippen LogP contribution in [0.3, 0.4) is 0 Å². The summed E-state index contributed by atoms with van der Waals surface area (Å²) in [6.45, 7) is -0.0983. The van der Waals surface area contributed by atoms with Crippen molar-refractivity contribution >= 4 is 22.4 Å². The van der Waals surface area contributed by atoms with E-state index in [-0.39, 0.29) is 18.3 Å². The average Bonchev–Trinajstić information content (AvgIpc) is 3.02. The first kappa shape index (κ1) is 15.2. The molecule has 116 valence electrons. The van der Waals surface area contributed by atoms with Crippen molar-refractivity contribution in [1.29, 1.82) is 0 Å². The van der Waals surface area contributed by atoms with Gasteiger partial charge in [-0.25, -0.2) is 9.37 Å². The van der Waals surface area contributed by atoms with Crippen molar-refractivity contribution in [3.8, 4) is 17.0 Å². The van der Waals surface area contributed by atoms with E-state index < -0.39 is 0 Å². The second-order valence-electron chi connectivity index (χ2n) is 4.70. The predicted molar refractivity (Wildman–Crippen MR) is 88.1 cm³/mol. The number of rotatable bonds is 5. The molecule has 0 saturated carbocycles. The number of amides is 1. The number of para-hydroxylation sites is 1. The lowest BCUT2D eigenvalue weighted by Crippen LogP contribution is -2.19. The van der Waals surface area contributed by atoms with Gasteiger partial charge in [0.15, 0.2) is 11.7 Å². The smallest absolute Gasteiger partial charge is 0.264 e. The summed E-state index contributed by atoms with van der Waals surface area (Å²) in [5.74, 6) is 0.00794. The summed E-state index contributed by atoms with van der Waals surface area (Å²) in [6.07, 6.45) is 0. The fraction of sp³-hybridized carbons (Fsp3) is 0.0588. The van der Waals surface area contributed by atoms with Crippen molar-refractivity contribution < 1.29 is 13.9 Å². The number of anilines is 1. The minimum absolute atomic E-state index is 0.0983. The number of thiazole rings is 1. The van der Waals surface area contributed by atoms with Gasteiger partial charge in [-0.15, -0.1) is 11.3 Å². The minimum atomic E-state index is -0.322. The Morgan fingerprint density at radius 1 is 1.17 bits per heavy atom. The van der Waals surface area contributed by atoms with Crippen molar-refractivity contribution in [3.05, 3.63) is 65.8 Å². The summed E-state index contributed by atoms with van der Waals surface area (Å²) < 4.78 is 18.6. The number of aromatic nitrogens is 1. The van der Waals surface area contributed by atoms with Crippen LogP contribution in [0.25, 0.3) is 11.3 Å². The van der Waals surface area contributed by atoms with Crippen molar-refractivity contribution in [2.45, 2.75) is 0 Å². The fourth-order valence-corrected chi connectivity index (χ4v) is 2.67. The highest BCUT2D eigenvalue weighted by molar-refractivity contribution is 7.14. The van der Waals surface area contributed by atoms with E-state index in [1.54, 1.807) is 29.6 Å². The molecule has 4 nitrogen and oxygen atoms in total. The molecule has 3 aromatic rings. The second-order valence-corrected chi connectivity index (χ2v) is 5.56. The van der Waals surface area contributed by atoms with Crippen LogP contribution in [0.4, 0.5) is 9.52 Å². The lowest BCUT2D eigenvalue weighted by atomic mass is 10.2. The normalized spacial score (nSPS) is 10.3. The standard InChI is InChI=1S/C17H13FN2O2S/c18-13-6-4-5-12(9-13)15-11-23-17(19-15)20-16(21)10-22-14-7-2-1-3-8-14/h1-9,11H,10H2,(H,19,20,21). The van der Waals surface area contributed by atoms with Crippen LogP contribution in [0.15, 0.2) is 60.0 Å². The van der Waals surface area contributed by atoms with Gasteiger partial charge in [-0.2, -0.15) is 0 Å². The van der Waals surface area contributed by atoms with Gasteiger partial charge in [-0.3, -0.25) is 10.1 Å². The molecule has 0 unspecified atom stereocenters. The van der Waals surface area contributed by atoms with Crippen LogP contribution in [0.5, 0.6) is 5.75 Å². The maximum Gasteiger partial charge on any atom is 0.264 e. The molecule has 1 N–H and O–H groups in total. The molecule has 1 amide bonds. The molecule has 1 aromatic heterocycles. The fourth-order valence-electron chi connectivity index (χ4n) is 1.93. The number of carbonyl (C=O) groups is 1. The van der Waals surface area contributed by atoms with Gasteiger partial charge in [0.05, 0.1) is 5.69 Å². The molecule has 6 heteroatoms. The lowest BCUT2D eigenvalue weighted by molar-refractivity contribution is -0.118. The van der Waals surface area contributed by atoms with Crippen molar-refractivity contribution in [2.75, 3.05) is 11.9 Å². The number of hydrogen-bond donors (Lipinski definition) is 1. The van der Waals surface area contributed by atoms with E-state index in [1.807, 2.05) is 18.2 Å². The summed E-state index contributed by atoms with van der Waals surface area (Å²) in [5, 5.41) is 4.88. The summed E-state index contributed by atoms with van der Waals surface area (Å²) in [7, 11) is 0. The maximum absolute atomic E-state index is 13.2. The maximum atomic E-state index is 13.2. The van der Waals surface area contributed by atoms with Crippen LogP contribution in [-0.2, 0) is 4.79 Å². The summed E-state index contributed by atoms with van der Waals surface area (Å²) in [5.41, 5.74) is 1.29. The Hall–Kier alpha value is -2.73. The highest BCUT2D eigenvalue weighted by atomic mass is 32.1. The molecule has 0 saturated heterocycles. The van der Waals surface area contributed by atoms with E-state index >= 15 is 0 Å². The molecular formula is C17H13FN2O2S. The Kier molecular flexibility index (Phi) is 4.63. The van der Waals surface area contributed by atoms with E-state index in [2.05, 4.69) is 10.3 Å². The Morgan fingerprint density at radius 3 is 2.78 bits per heavy atom. The molecule has 0 aliphatic heterocycles. The van der Waals surface area contributed by atoms with E-state index in [1.165, 1.54) is 23.5 Å². The van der Waals surface area contributed by atoms with Crippen LogP contribution < -0.4 is 10.1 Å². The van der Waals surface area contributed by atoms with Crippen molar-refractivity contribution in [1.82, 2.24) is 4.98 Å². The Morgan fingerprint density at radius 2 is 2.00 bits per heavy atom. The number of halogens is 1. The van der Waals surface area contributed by atoms with Gasteiger partial charge < -0.3 is 4.74 Å². The summed E-state index contributed by atoms with van der Waals surface area (Å²) >= 11 is 1.28. The lowest BCUT2D eigenvalue weighted by Gasteiger charge is -2.05.